The Hall–Kier alpha value is -0.110. The summed E-state index contributed by atoms with van der Waals surface area (Å²) in [7, 11) is 5.96. The van der Waals surface area contributed by atoms with E-state index in [1.807, 2.05) is 27.2 Å². The van der Waals surface area contributed by atoms with Crippen molar-refractivity contribution in [2.24, 2.45) is 0 Å². The van der Waals surface area contributed by atoms with Gasteiger partial charge in [-0.1, -0.05) is 0 Å². The van der Waals surface area contributed by atoms with Crippen molar-refractivity contribution in [1.29, 1.82) is 5.26 Å². The average molecular weight is 223 g/mol. The fraction of sp³-hybridized carbons (Fsp3) is 0.857. The highest BCUT2D eigenvalue weighted by molar-refractivity contribution is 4.74. The van der Waals surface area contributed by atoms with Crippen molar-refractivity contribution in [3.8, 4) is 6.07 Å². The lowest BCUT2D eigenvalue weighted by Gasteiger charge is -2.25. The molecule has 0 saturated carbocycles. The van der Waals surface area contributed by atoms with Crippen LogP contribution in [0.3, 0.4) is 0 Å². The maximum atomic E-state index is 9.15. The van der Waals surface area contributed by atoms with E-state index in [1.165, 1.54) is 0 Å². The molecule has 0 fully saturated rings. The fourth-order valence-corrected chi connectivity index (χ4v) is 0.802. The van der Waals surface area contributed by atoms with E-state index >= 15 is 0 Å². The van der Waals surface area contributed by atoms with Gasteiger partial charge < -0.3 is 26.6 Å². The number of likely N-dealkylation sites (N-methyl/N-ethyl adjacent to an activating group) is 1. The van der Waals surface area contributed by atoms with Crippen molar-refractivity contribution in [2.45, 2.75) is 12.5 Å². The van der Waals surface area contributed by atoms with Crippen molar-refractivity contribution in [2.75, 3.05) is 27.7 Å². The van der Waals surface area contributed by atoms with Crippen molar-refractivity contribution < 1.29 is 26.6 Å². The first-order chi connectivity index (χ1) is 4.45. The van der Waals surface area contributed by atoms with Crippen LogP contribution in [0.2, 0.25) is 0 Å². The van der Waals surface area contributed by atoms with Gasteiger partial charge in [-0.05, 0) is 0 Å². The molecule has 0 bridgehead atoms. The number of nitriles is 1. The van der Waals surface area contributed by atoms with E-state index in [0.29, 0.717) is 11.0 Å². The van der Waals surface area contributed by atoms with Crippen LogP contribution in [0.15, 0.2) is 0 Å². The van der Waals surface area contributed by atoms with Crippen molar-refractivity contribution in [1.82, 2.24) is 0 Å². The van der Waals surface area contributed by atoms with Crippen LogP contribution >= 0.6 is 0 Å². The van der Waals surface area contributed by atoms with E-state index in [-0.39, 0.29) is 23.4 Å². The van der Waals surface area contributed by atoms with Crippen LogP contribution in [-0.4, -0.2) is 43.4 Å². The fourth-order valence-electron chi connectivity index (χ4n) is 0.802. The summed E-state index contributed by atoms with van der Waals surface area (Å²) in [5.74, 6) is 0. The first kappa shape index (κ1) is 13.5. The molecule has 0 amide bonds. The molecule has 0 aliphatic carbocycles. The Bertz CT molecular complexity index is 136. The van der Waals surface area contributed by atoms with E-state index in [0.717, 1.165) is 0 Å². The van der Waals surface area contributed by atoms with Gasteiger partial charge in [-0.2, -0.15) is 5.26 Å². The molecule has 0 aliphatic heterocycles. The lowest BCUT2D eigenvalue weighted by Crippen LogP contribution is -3.00. The lowest BCUT2D eigenvalue weighted by molar-refractivity contribution is -0.873. The third kappa shape index (κ3) is 9.89. The molecule has 0 saturated heterocycles. The molecule has 0 radical (unpaired) electrons. The lowest BCUT2D eigenvalue weighted by atomic mass is 10.2. The highest BCUT2D eigenvalue weighted by Crippen LogP contribution is 1.97. The number of hydrogen-bond donors (Lipinski definition) is 1. The van der Waals surface area contributed by atoms with Gasteiger partial charge in [0.05, 0.1) is 33.6 Å². The Morgan fingerprint density at radius 1 is 1.45 bits per heavy atom. The molecule has 0 heterocycles. The number of rotatable bonds is 3. The topological polar surface area (TPSA) is 44.0 Å². The third-order valence-electron chi connectivity index (χ3n) is 1.09. The van der Waals surface area contributed by atoms with Crippen molar-refractivity contribution in [3.05, 3.63) is 0 Å². The van der Waals surface area contributed by atoms with Gasteiger partial charge >= 0.3 is 0 Å². The van der Waals surface area contributed by atoms with Crippen LogP contribution in [0.1, 0.15) is 6.42 Å². The van der Waals surface area contributed by atoms with Crippen molar-refractivity contribution >= 4 is 0 Å². The minimum absolute atomic E-state index is 0. The summed E-state index contributed by atoms with van der Waals surface area (Å²) < 4.78 is 0.697. The molecule has 1 unspecified atom stereocenters. The van der Waals surface area contributed by atoms with Gasteiger partial charge in [-0.25, -0.2) is 0 Å². The smallest absolute Gasteiger partial charge is 0.116 e. The molecule has 0 aromatic rings. The van der Waals surface area contributed by atoms with Crippen LogP contribution in [0.5, 0.6) is 0 Å². The third-order valence-corrected chi connectivity index (χ3v) is 1.09. The monoisotopic (exact) mass is 222 g/mol. The number of quaternary nitrogens is 1. The van der Waals surface area contributed by atoms with Crippen LogP contribution in [0.4, 0.5) is 0 Å². The molecule has 0 spiro atoms. The summed E-state index contributed by atoms with van der Waals surface area (Å²) in [6.45, 7) is 0.633. The maximum Gasteiger partial charge on any atom is 0.116 e. The molecule has 0 aromatic carbocycles. The number of aliphatic hydroxyl groups is 1. The zero-order valence-corrected chi connectivity index (χ0v) is 8.80. The summed E-state index contributed by atoms with van der Waals surface area (Å²) in [6, 6.07) is 1.93. The molecule has 66 valence electrons. The van der Waals surface area contributed by atoms with E-state index < -0.39 is 6.10 Å². The second-order valence-corrected chi connectivity index (χ2v) is 3.49. The zero-order chi connectivity index (χ0) is 8.20. The molecule has 1 N–H and O–H groups in total. The van der Waals surface area contributed by atoms with Gasteiger partial charge in [-0.3, -0.25) is 0 Å². The van der Waals surface area contributed by atoms with Gasteiger partial charge in [-0.15, -0.1) is 0 Å². The number of nitrogens with zero attached hydrogens (tertiary/aromatic N) is 2. The quantitative estimate of drug-likeness (QED) is 0.517. The van der Waals surface area contributed by atoms with E-state index in [4.69, 9.17) is 10.4 Å². The molecular weight excluding hydrogens is 208 g/mol. The molecule has 3 nitrogen and oxygen atoms in total. The van der Waals surface area contributed by atoms with Gasteiger partial charge in [0.25, 0.3) is 0 Å². The maximum absolute atomic E-state index is 9.15. The molecule has 4 heteroatoms. The largest absolute Gasteiger partial charge is 1.00 e. The Labute approximate surface area is 78.6 Å². The van der Waals surface area contributed by atoms with Gasteiger partial charge in [0.2, 0.25) is 0 Å². The Balaban J connectivity index is 0. The first-order valence-corrected chi connectivity index (χ1v) is 3.31. The standard InChI is InChI=1S/C7H15N2O.BrH/c1-9(2,3)6-7(10)4-5-8;/h7,10H,4,6H2,1-3H3;1H/q+1;/p-1. The van der Waals surface area contributed by atoms with Gasteiger partial charge in [0.15, 0.2) is 0 Å². The van der Waals surface area contributed by atoms with E-state index in [9.17, 15) is 0 Å². The van der Waals surface area contributed by atoms with Crippen LogP contribution in [0.25, 0.3) is 0 Å². The number of halogens is 1. The van der Waals surface area contributed by atoms with Crippen LogP contribution < -0.4 is 17.0 Å². The molecule has 1 atom stereocenters. The van der Waals surface area contributed by atoms with Gasteiger partial charge in [0.1, 0.15) is 12.6 Å². The van der Waals surface area contributed by atoms with E-state index in [1.54, 1.807) is 0 Å². The Morgan fingerprint density at radius 3 is 2.18 bits per heavy atom. The molecular formula is C7H15BrN2O. The number of aliphatic hydroxyl groups excluding tert-OH is 1. The predicted molar refractivity (Wildman–Crippen MR) is 39.1 cm³/mol. The Kier molecular flexibility index (Phi) is 6.77. The zero-order valence-electron chi connectivity index (χ0n) is 7.21. The number of hydrogen-bond acceptors (Lipinski definition) is 2. The summed E-state index contributed by atoms with van der Waals surface area (Å²) in [5.41, 5.74) is 0. The summed E-state index contributed by atoms with van der Waals surface area (Å²) in [5, 5.41) is 17.4. The Morgan fingerprint density at radius 2 is 1.91 bits per heavy atom. The van der Waals surface area contributed by atoms with Gasteiger partial charge in [0, 0.05) is 0 Å². The summed E-state index contributed by atoms with van der Waals surface area (Å²) >= 11 is 0. The summed E-state index contributed by atoms with van der Waals surface area (Å²) in [4.78, 5) is 0. The first-order valence-electron chi connectivity index (χ1n) is 3.31. The van der Waals surface area contributed by atoms with E-state index in [2.05, 4.69) is 0 Å². The molecule has 0 aromatic heterocycles. The van der Waals surface area contributed by atoms with Crippen LogP contribution in [0, 0.1) is 11.3 Å². The minimum Gasteiger partial charge on any atom is -1.00 e. The normalized spacial score (nSPS) is 13.0. The molecule has 0 aliphatic rings. The second kappa shape index (κ2) is 5.53. The molecule has 0 rings (SSSR count). The van der Waals surface area contributed by atoms with Crippen molar-refractivity contribution in [3.63, 3.8) is 0 Å². The highest BCUT2D eigenvalue weighted by atomic mass is 79.9. The summed E-state index contributed by atoms with van der Waals surface area (Å²) in [6.07, 6.45) is -0.250. The highest BCUT2D eigenvalue weighted by Gasteiger charge is 2.14. The minimum atomic E-state index is -0.481. The SMILES string of the molecule is C[N+](C)(C)CC(O)CC#N.[Br-]. The molecule has 11 heavy (non-hydrogen) atoms. The predicted octanol–water partition coefficient (Wildman–Crippen LogP) is -3.03. The van der Waals surface area contributed by atoms with Crippen LogP contribution in [-0.2, 0) is 0 Å². The second-order valence-electron chi connectivity index (χ2n) is 3.49. The average Bonchev–Trinajstić information content (AvgIpc) is 1.59.